The summed E-state index contributed by atoms with van der Waals surface area (Å²) in [5.41, 5.74) is 5.33. The minimum atomic E-state index is 0.377. The normalized spacial score (nSPS) is 26.5. The molecule has 0 amide bonds. The van der Waals surface area contributed by atoms with Crippen molar-refractivity contribution in [3.8, 4) is 0 Å². The summed E-state index contributed by atoms with van der Waals surface area (Å²) in [6.07, 6.45) is 4.40. The zero-order chi connectivity index (χ0) is 9.64. The van der Waals surface area contributed by atoms with Crippen molar-refractivity contribution in [1.82, 2.24) is 0 Å². The van der Waals surface area contributed by atoms with E-state index >= 15 is 0 Å². The molecule has 0 aromatic heterocycles. The van der Waals surface area contributed by atoms with E-state index in [1.165, 1.54) is 22.3 Å². The van der Waals surface area contributed by atoms with E-state index in [0.29, 0.717) is 5.41 Å². The van der Waals surface area contributed by atoms with Gasteiger partial charge in [0.15, 0.2) is 0 Å². The van der Waals surface area contributed by atoms with Gasteiger partial charge in [0.2, 0.25) is 0 Å². The molecule has 2 fully saturated rings. The number of hydrogen-bond acceptors (Lipinski definition) is 0. The van der Waals surface area contributed by atoms with E-state index in [-0.39, 0.29) is 0 Å². The monoisotopic (exact) mass is 172 g/mol. The third-order valence-electron chi connectivity index (χ3n) is 3.35. The van der Waals surface area contributed by atoms with Gasteiger partial charge in [0, 0.05) is 0 Å². The molecule has 68 valence electrons. The van der Waals surface area contributed by atoms with Crippen LogP contribution < -0.4 is 0 Å². The van der Waals surface area contributed by atoms with Gasteiger partial charge in [-0.1, -0.05) is 48.6 Å². The van der Waals surface area contributed by atoms with Crippen LogP contribution in [0.3, 0.4) is 0 Å². The van der Waals surface area contributed by atoms with Crippen LogP contribution in [0.4, 0.5) is 0 Å². The number of rotatable bonds is 0. The first-order valence-electron chi connectivity index (χ1n) is 4.74. The fourth-order valence-corrected chi connectivity index (χ4v) is 2.69. The molecule has 0 saturated heterocycles. The molecule has 13 heavy (non-hydrogen) atoms. The van der Waals surface area contributed by atoms with E-state index in [4.69, 9.17) is 0 Å². The van der Waals surface area contributed by atoms with Crippen molar-refractivity contribution in [2.45, 2.75) is 25.7 Å². The maximum atomic E-state index is 4.05. The van der Waals surface area contributed by atoms with E-state index in [0.717, 1.165) is 25.7 Å². The molecule has 0 heteroatoms. The van der Waals surface area contributed by atoms with Gasteiger partial charge in [-0.3, -0.25) is 0 Å². The molecule has 2 aliphatic carbocycles. The summed E-state index contributed by atoms with van der Waals surface area (Å²) in [6, 6.07) is 0. The first-order chi connectivity index (χ1) is 6.02. The molecule has 0 N–H and O–H groups in total. The van der Waals surface area contributed by atoms with Crippen molar-refractivity contribution in [1.29, 1.82) is 0 Å². The Morgan fingerprint density at radius 2 is 0.846 bits per heavy atom. The number of hydrogen-bond donors (Lipinski definition) is 0. The zero-order valence-corrected chi connectivity index (χ0v) is 8.16. The standard InChI is InChI=1S/C13H16/c1-9-5-13(6-10(9)2)7-11(3)12(4)8-13/h1-8H2. The Hall–Kier alpha value is -1.04. The molecule has 1 spiro atoms. The molecule has 0 aromatic carbocycles. The van der Waals surface area contributed by atoms with Gasteiger partial charge in [0.1, 0.15) is 0 Å². The van der Waals surface area contributed by atoms with E-state index in [9.17, 15) is 0 Å². The van der Waals surface area contributed by atoms with E-state index in [1.54, 1.807) is 0 Å². The first-order valence-corrected chi connectivity index (χ1v) is 4.74. The Bertz CT molecular complexity index is 258. The fraction of sp³-hybridized carbons (Fsp3) is 0.385. The summed E-state index contributed by atoms with van der Waals surface area (Å²) < 4.78 is 0. The zero-order valence-electron chi connectivity index (χ0n) is 8.16. The lowest BCUT2D eigenvalue weighted by Crippen LogP contribution is -2.09. The van der Waals surface area contributed by atoms with Crippen LogP contribution in [0.1, 0.15) is 25.7 Å². The molecule has 2 rings (SSSR count). The average molecular weight is 172 g/mol. The summed E-state index contributed by atoms with van der Waals surface area (Å²) in [5.74, 6) is 0. The van der Waals surface area contributed by atoms with Crippen LogP contribution in [0.2, 0.25) is 0 Å². The second kappa shape index (κ2) is 2.47. The van der Waals surface area contributed by atoms with Gasteiger partial charge < -0.3 is 0 Å². The predicted octanol–water partition coefficient (Wildman–Crippen LogP) is 3.79. The summed E-state index contributed by atoms with van der Waals surface area (Å²) >= 11 is 0. The third-order valence-corrected chi connectivity index (χ3v) is 3.35. The van der Waals surface area contributed by atoms with Crippen molar-refractivity contribution in [3.63, 3.8) is 0 Å². The quantitative estimate of drug-likeness (QED) is 0.521. The second-order valence-electron chi connectivity index (χ2n) is 4.62. The largest absolute Gasteiger partial charge is 0.0956 e. The highest BCUT2D eigenvalue weighted by atomic mass is 14.5. The first kappa shape index (κ1) is 8.55. The summed E-state index contributed by atoms with van der Waals surface area (Å²) in [6.45, 7) is 16.2. The Kier molecular flexibility index (Phi) is 1.63. The van der Waals surface area contributed by atoms with Crippen LogP contribution in [0.25, 0.3) is 0 Å². The molecule has 0 unspecified atom stereocenters. The van der Waals surface area contributed by atoms with Gasteiger partial charge >= 0.3 is 0 Å². The Morgan fingerprint density at radius 3 is 1.08 bits per heavy atom. The highest BCUT2D eigenvalue weighted by molar-refractivity contribution is 5.42. The van der Waals surface area contributed by atoms with Crippen LogP contribution in [-0.4, -0.2) is 0 Å². The summed E-state index contributed by atoms with van der Waals surface area (Å²) in [5, 5.41) is 0. The summed E-state index contributed by atoms with van der Waals surface area (Å²) in [7, 11) is 0. The van der Waals surface area contributed by atoms with Gasteiger partial charge in [-0.25, -0.2) is 0 Å². The lowest BCUT2D eigenvalue weighted by molar-refractivity contribution is 0.343. The molecular formula is C13H16. The predicted molar refractivity (Wildman–Crippen MR) is 57.5 cm³/mol. The molecule has 2 saturated carbocycles. The highest BCUT2D eigenvalue weighted by Gasteiger charge is 2.42. The maximum absolute atomic E-state index is 4.05. The van der Waals surface area contributed by atoms with E-state index in [2.05, 4.69) is 26.3 Å². The van der Waals surface area contributed by atoms with Gasteiger partial charge in [0.25, 0.3) is 0 Å². The Morgan fingerprint density at radius 1 is 0.615 bits per heavy atom. The van der Waals surface area contributed by atoms with Gasteiger partial charge in [-0.15, -0.1) is 0 Å². The van der Waals surface area contributed by atoms with Crippen LogP contribution in [0.15, 0.2) is 48.6 Å². The highest BCUT2D eigenvalue weighted by Crippen LogP contribution is 2.56. The molecule has 0 nitrogen and oxygen atoms in total. The van der Waals surface area contributed by atoms with Crippen molar-refractivity contribution in [2.75, 3.05) is 0 Å². The Labute approximate surface area is 80.3 Å². The van der Waals surface area contributed by atoms with Crippen molar-refractivity contribution >= 4 is 0 Å². The van der Waals surface area contributed by atoms with Crippen LogP contribution in [0.5, 0.6) is 0 Å². The van der Waals surface area contributed by atoms with Crippen LogP contribution >= 0.6 is 0 Å². The lowest BCUT2D eigenvalue weighted by atomic mass is 9.84. The average Bonchev–Trinajstić information content (AvgIpc) is 2.39. The molecule has 2 aliphatic rings. The minimum Gasteiger partial charge on any atom is -0.0956 e. The molecule has 0 aliphatic heterocycles. The molecule has 0 atom stereocenters. The number of allylic oxidation sites excluding steroid dienone is 4. The Balaban J connectivity index is 2.27. The third kappa shape index (κ3) is 1.21. The van der Waals surface area contributed by atoms with Crippen LogP contribution in [0, 0.1) is 5.41 Å². The molecular weight excluding hydrogens is 156 g/mol. The van der Waals surface area contributed by atoms with Gasteiger partial charge in [0.05, 0.1) is 0 Å². The van der Waals surface area contributed by atoms with Gasteiger partial charge in [-0.05, 0) is 31.1 Å². The van der Waals surface area contributed by atoms with Crippen LogP contribution in [-0.2, 0) is 0 Å². The van der Waals surface area contributed by atoms with Crippen molar-refractivity contribution in [3.05, 3.63) is 48.6 Å². The van der Waals surface area contributed by atoms with Crippen molar-refractivity contribution in [2.24, 2.45) is 5.41 Å². The fourth-order valence-electron chi connectivity index (χ4n) is 2.69. The molecule has 0 aromatic rings. The van der Waals surface area contributed by atoms with Gasteiger partial charge in [-0.2, -0.15) is 0 Å². The molecule has 0 heterocycles. The van der Waals surface area contributed by atoms with E-state index in [1.807, 2.05) is 0 Å². The SMILES string of the molecule is C=C1CC2(CC1=C)CC(=C)C(=C)C2. The molecule has 0 radical (unpaired) electrons. The molecule has 0 bridgehead atoms. The van der Waals surface area contributed by atoms with Crippen molar-refractivity contribution < 1.29 is 0 Å². The summed E-state index contributed by atoms with van der Waals surface area (Å²) in [4.78, 5) is 0. The maximum Gasteiger partial charge on any atom is -0.0136 e. The second-order valence-corrected chi connectivity index (χ2v) is 4.62. The minimum absolute atomic E-state index is 0.377. The van der Waals surface area contributed by atoms with E-state index < -0.39 is 0 Å². The lowest BCUT2D eigenvalue weighted by Gasteiger charge is -2.20. The smallest absolute Gasteiger partial charge is 0.0136 e. The topological polar surface area (TPSA) is 0 Å².